The van der Waals surface area contributed by atoms with Crippen LogP contribution in [-0.2, 0) is 11.3 Å². The molecule has 0 aliphatic carbocycles. The van der Waals surface area contributed by atoms with Crippen LogP contribution >= 0.6 is 27.3 Å². The molecule has 0 fully saturated rings. The van der Waals surface area contributed by atoms with Gasteiger partial charge >= 0.3 is 5.97 Å². The van der Waals surface area contributed by atoms with E-state index in [4.69, 9.17) is 5.11 Å². The second kappa shape index (κ2) is 5.63. The Bertz CT molecular complexity index is 340. The van der Waals surface area contributed by atoms with E-state index in [0.717, 1.165) is 10.3 Å². The zero-order valence-electron chi connectivity index (χ0n) is 8.74. The van der Waals surface area contributed by atoms with Gasteiger partial charge in [-0.1, -0.05) is 0 Å². The third-order valence-electron chi connectivity index (χ3n) is 2.26. The van der Waals surface area contributed by atoms with Crippen molar-refractivity contribution in [1.29, 1.82) is 0 Å². The van der Waals surface area contributed by atoms with Crippen LogP contribution in [0.4, 0.5) is 0 Å². The number of hydrogen-bond donors (Lipinski definition) is 1. The smallest absolute Gasteiger partial charge is 0.304 e. The molecule has 0 saturated heterocycles. The highest BCUT2D eigenvalue weighted by Gasteiger charge is 2.13. The van der Waals surface area contributed by atoms with E-state index in [1.165, 1.54) is 4.88 Å². The van der Waals surface area contributed by atoms with Crippen LogP contribution < -0.4 is 0 Å². The van der Waals surface area contributed by atoms with E-state index in [0.29, 0.717) is 0 Å². The minimum Gasteiger partial charge on any atom is -0.481 e. The van der Waals surface area contributed by atoms with Crippen molar-refractivity contribution in [2.24, 2.45) is 0 Å². The fraction of sp³-hybridized carbons (Fsp3) is 0.500. The largest absolute Gasteiger partial charge is 0.481 e. The lowest BCUT2D eigenvalue weighted by molar-refractivity contribution is -0.138. The van der Waals surface area contributed by atoms with Crippen LogP contribution in [0.5, 0.6) is 0 Å². The second-order valence-corrected chi connectivity index (χ2v) is 6.12. The van der Waals surface area contributed by atoms with Gasteiger partial charge in [-0.05, 0) is 42.0 Å². The fourth-order valence-electron chi connectivity index (χ4n) is 1.25. The number of thiophene rings is 1. The normalized spacial score (nSPS) is 13.1. The van der Waals surface area contributed by atoms with Crippen molar-refractivity contribution < 1.29 is 9.90 Å². The van der Waals surface area contributed by atoms with Gasteiger partial charge in [-0.3, -0.25) is 9.69 Å². The van der Waals surface area contributed by atoms with Crippen LogP contribution in [0.1, 0.15) is 18.2 Å². The van der Waals surface area contributed by atoms with Gasteiger partial charge in [0.2, 0.25) is 0 Å². The summed E-state index contributed by atoms with van der Waals surface area (Å²) in [4.78, 5) is 13.8. The predicted octanol–water partition coefficient (Wildman–Crippen LogP) is 2.81. The number of hydrogen-bond acceptors (Lipinski definition) is 3. The first-order valence-electron chi connectivity index (χ1n) is 4.65. The molecule has 1 N–H and O–H groups in total. The monoisotopic (exact) mass is 291 g/mol. The highest BCUT2D eigenvalue weighted by atomic mass is 79.9. The molecule has 3 nitrogen and oxygen atoms in total. The minimum atomic E-state index is -0.748. The van der Waals surface area contributed by atoms with Gasteiger partial charge in [-0.2, -0.15) is 0 Å². The van der Waals surface area contributed by atoms with Gasteiger partial charge in [0, 0.05) is 17.5 Å². The number of aliphatic carboxylic acids is 1. The van der Waals surface area contributed by atoms with Crippen molar-refractivity contribution in [3.05, 3.63) is 20.8 Å². The average molecular weight is 292 g/mol. The van der Waals surface area contributed by atoms with E-state index in [1.807, 2.05) is 24.9 Å². The van der Waals surface area contributed by atoms with Crippen LogP contribution in [0.3, 0.4) is 0 Å². The molecule has 0 bridgehead atoms. The number of rotatable bonds is 5. The zero-order valence-corrected chi connectivity index (χ0v) is 11.1. The summed E-state index contributed by atoms with van der Waals surface area (Å²) in [5, 5.41) is 8.67. The van der Waals surface area contributed by atoms with Crippen molar-refractivity contribution in [1.82, 2.24) is 4.90 Å². The van der Waals surface area contributed by atoms with E-state index in [1.54, 1.807) is 11.3 Å². The molecule has 0 aliphatic rings. The summed E-state index contributed by atoms with van der Waals surface area (Å²) in [7, 11) is 1.95. The lowest BCUT2D eigenvalue weighted by atomic mass is 10.2. The Morgan fingerprint density at radius 1 is 1.67 bits per heavy atom. The predicted molar refractivity (Wildman–Crippen MR) is 65.2 cm³/mol. The molecule has 1 aromatic heterocycles. The Morgan fingerprint density at radius 3 is 2.80 bits per heavy atom. The summed E-state index contributed by atoms with van der Waals surface area (Å²) >= 11 is 5.09. The van der Waals surface area contributed by atoms with E-state index in [-0.39, 0.29) is 12.5 Å². The molecule has 1 atom stereocenters. The maximum absolute atomic E-state index is 10.5. The molecule has 1 aromatic rings. The van der Waals surface area contributed by atoms with Crippen molar-refractivity contribution >= 4 is 33.2 Å². The van der Waals surface area contributed by atoms with Gasteiger partial charge in [0.1, 0.15) is 0 Å². The van der Waals surface area contributed by atoms with E-state index < -0.39 is 5.97 Å². The van der Waals surface area contributed by atoms with Crippen molar-refractivity contribution in [2.75, 3.05) is 7.05 Å². The number of nitrogens with zero attached hydrogens (tertiary/aromatic N) is 1. The maximum Gasteiger partial charge on any atom is 0.304 e. The van der Waals surface area contributed by atoms with Gasteiger partial charge in [0.15, 0.2) is 0 Å². The van der Waals surface area contributed by atoms with E-state index in [9.17, 15) is 4.79 Å². The van der Waals surface area contributed by atoms with Gasteiger partial charge < -0.3 is 5.11 Å². The Morgan fingerprint density at radius 2 is 2.33 bits per heavy atom. The molecule has 1 heterocycles. The molecule has 0 radical (unpaired) electrons. The summed E-state index contributed by atoms with van der Waals surface area (Å²) in [6.07, 6.45) is 0.184. The maximum atomic E-state index is 10.5. The Balaban J connectivity index is 2.47. The number of carbonyl (C=O) groups is 1. The molecule has 1 unspecified atom stereocenters. The lowest BCUT2D eigenvalue weighted by Crippen LogP contribution is -2.30. The third kappa shape index (κ3) is 4.32. The zero-order chi connectivity index (χ0) is 11.4. The summed E-state index contributed by atoms with van der Waals surface area (Å²) in [5.41, 5.74) is 0. The first-order valence-corrected chi connectivity index (χ1v) is 6.26. The van der Waals surface area contributed by atoms with Crippen LogP contribution in [-0.4, -0.2) is 29.1 Å². The Labute approximate surface area is 102 Å². The molecular weight excluding hydrogens is 278 g/mol. The third-order valence-corrected chi connectivity index (χ3v) is 3.86. The van der Waals surface area contributed by atoms with Gasteiger partial charge in [-0.15, -0.1) is 11.3 Å². The highest BCUT2D eigenvalue weighted by Crippen LogP contribution is 2.23. The molecule has 0 aliphatic heterocycles. The summed E-state index contributed by atoms with van der Waals surface area (Å²) in [5.74, 6) is -0.748. The summed E-state index contributed by atoms with van der Waals surface area (Å²) < 4.78 is 1.11. The van der Waals surface area contributed by atoms with E-state index >= 15 is 0 Å². The minimum absolute atomic E-state index is 0.0587. The Kier molecular flexibility index (Phi) is 4.76. The lowest BCUT2D eigenvalue weighted by Gasteiger charge is -2.22. The van der Waals surface area contributed by atoms with Crippen molar-refractivity contribution in [3.8, 4) is 0 Å². The van der Waals surface area contributed by atoms with Gasteiger partial charge in [0.25, 0.3) is 0 Å². The highest BCUT2D eigenvalue weighted by molar-refractivity contribution is 9.11. The SMILES string of the molecule is CC(CC(=O)O)N(C)Cc1ccc(Br)s1. The first-order chi connectivity index (χ1) is 6.99. The molecule has 5 heteroatoms. The standard InChI is InChI=1S/C10H14BrNO2S/c1-7(5-10(13)14)12(2)6-8-3-4-9(11)15-8/h3-4,7H,5-6H2,1-2H3,(H,13,14). The number of halogens is 1. The van der Waals surface area contributed by atoms with E-state index in [2.05, 4.69) is 22.0 Å². The quantitative estimate of drug-likeness (QED) is 0.907. The summed E-state index contributed by atoms with van der Waals surface area (Å²) in [6.45, 7) is 2.72. The topological polar surface area (TPSA) is 40.5 Å². The molecule has 84 valence electrons. The molecule has 0 saturated carbocycles. The molecule has 1 rings (SSSR count). The molecule has 15 heavy (non-hydrogen) atoms. The molecular formula is C10H14BrNO2S. The average Bonchev–Trinajstić information content (AvgIpc) is 2.50. The fourth-order valence-corrected chi connectivity index (χ4v) is 2.79. The van der Waals surface area contributed by atoms with Crippen molar-refractivity contribution in [2.45, 2.75) is 25.9 Å². The number of carboxylic acid groups (broad SMARTS) is 1. The van der Waals surface area contributed by atoms with Gasteiger partial charge in [-0.25, -0.2) is 0 Å². The second-order valence-electron chi connectivity index (χ2n) is 3.57. The molecule has 0 amide bonds. The van der Waals surface area contributed by atoms with Crippen LogP contribution in [0.25, 0.3) is 0 Å². The van der Waals surface area contributed by atoms with Crippen molar-refractivity contribution in [3.63, 3.8) is 0 Å². The molecule has 0 aromatic carbocycles. The summed E-state index contributed by atoms with van der Waals surface area (Å²) in [6, 6.07) is 4.12. The molecule has 0 spiro atoms. The van der Waals surface area contributed by atoms with Crippen LogP contribution in [0.15, 0.2) is 15.9 Å². The van der Waals surface area contributed by atoms with Crippen LogP contribution in [0.2, 0.25) is 0 Å². The number of carboxylic acids is 1. The first kappa shape index (κ1) is 12.7. The van der Waals surface area contributed by atoms with Gasteiger partial charge in [0.05, 0.1) is 10.2 Å². The van der Waals surface area contributed by atoms with Crippen LogP contribution in [0, 0.1) is 0 Å². The Hall–Kier alpha value is -0.390.